The molecule has 3 aromatic heterocycles. The number of halogens is 1. The molecule has 1 aromatic carbocycles. The van der Waals surface area contributed by atoms with Crippen LogP contribution in [-0.4, -0.2) is 94.9 Å². The molecule has 4 amide bonds. The van der Waals surface area contributed by atoms with Crippen LogP contribution in [0, 0.1) is 11.2 Å². The van der Waals surface area contributed by atoms with E-state index in [-0.39, 0.29) is 64.6 Å². The van der Waals surface area contributed by atoms with Crippen LogP contribution >= 0.6 is 11.3 Å². The molecule has 0 radical (unpaired) electrons. The van der Waals surface area contributed by atoms with Gasteiger partial charge in [-0.25, -0.2) is 32.7 Å². The third-order valence-corrected chi connectivity index (χ3v) is 15.4. The number of hydrogen-bond acceptors (Lipinski definition) is 13. The second-order valence-corrected chi connectivity index (χ2v) is 19.6. The molecule has 16 nitrogen and oxygen atoms in total. The average molecular weight is 887 g/mol. The molecular weight excluding hydrogens is 836 g/mol. The molecule has 0 unspecified atom stereocenters. The Morgan fingerprint density at radius 2 is 1.71 bits per heavy atom. The fourth-order valence-electron chi connectivity index (χ4n) is 9.27. The maximum Gasteiger partial charge on any atom is 0.272 e. The molecule has 4 fully saturated rings. The topological polar surface area (TPSA) is 223 Å². The van der Waals surface area contributed by atoms with E-state index in [1.54, 1.807) is 31.2 Å². The Balaban J connectivity index is 0.979. The molecule has 8 rings (SSSR count). The summed E-state index contributed by atoms with van der Waals surface area (Å²) in [6.45, 7) is 4.20. The number of carbonyl (C=O) groups excluding carboxylic acids is 4. The lowest BCUT2D eigenvalue weighted by molar-refractivity contribution is -0.134. The summed E-state index contributed by atoms with van der Waals surface area (Å²) in [5, 5.41) is 5.87. The van der Waals surface area contributed by atoms with Gasteiger partial charge in [-0.05, 0) is 100 Å². The predicted octanol–water partition coefficient (Wildman–Crippen LogP) is 5.64. The Bertz CT molecular complexity index is 2480. The van der Waals surface area contributed by atoms with Crippen LogP contribution in [-0.2, 0) is 19.6 Å². The van der Waals surface area contributed by atoms with E-state index in [0.717, 1.165) is 62.8 Å². The fourth-order valence-corrected chi connectivity index (χ4v) is 11.6. The summed E-state index contributed by atoms with van der Waals surface area (Å²) in [6.07, 6.45) is 11.8. The monoisotopic (exact) mass is 886 g/mol. The molecule has 4 aliphatic rings. The number of piperidine rings is 3. The van der Waals surface area contributed by atoms with Gasteiger partial charge in [-0.1, -0.05) is 13.0 Å². The number of benzene rings is 1. The van der Waals surface area contributed by atoms with Gasteiger partial charge >= 0.3 is 0 Å². The summed E-state index contributed by atoms with van der Waals surface area (Å²) in [5.41, 5.74) is 7.86. The molecule has 5 N–H and O–H groups in total. The van der Waals surface area contributed by atoms with Gasteiger partial charge in [0.1, 0.15) is 6.04 Å². The van der Waals surface area contributed by atoms with Crippen LogP contribution < -0.4 is 26.0 Å². The van der Waals surface area contributed by atoms with E-state index in [4.69, 9.17) is 10.7 Å². The van der Waals surface area contributed by atoms with Crippen molar-refractivity contribution >= 4 is 62.3 Å². The quantitative estimate of drug-likeness (QED) is 0.134. The molecule has 1 saturated carbocycles. The standard InChI is InChI=1S/C43H51FN10O6S2/c1-2-25-62(59,60)52-29-8-6-7-27(33(29)44)34-37(30-14-20-47-42(45)49-30)61-40(51-34)26-11-15-43(16-12-26)17-23-54(24-18-43)41(58)28-13-19-46-35(36(28)53-21-4-3-5-22-53)39(57)48-31-9-10-32(55)50-38(31)56/h6-8,13-14,19-20,26,31,52H,2-5,9-12,15-18,21-25H2,1H3,(H,48,57)(H2,45,47,49)(H,50,55,56)/t31-/m1/s1. The number of rotatable bonds is 11. The first-order chi connectivity index (χ1) is 29.8. The SMILES string of the molecule is CCCS(=O)(=O)Nc1cccc(-c2nc(C3CCC4(CC3)CCN(C(=O)c3ccnc(C(=O)N[C@@H]5CCC(=O)NC5=O)c3N3CCCCC3)CC4)sc2-c2ccnc(N)n2)c1F. The second kappa shape index (κ2) is 18.0. The summed E-state index contributed by atoms with van der Waals surface area (Å²) in [7, 11) is -3.75. The minimum Gasteiger partial charge on any atom is -0.369 e. The number of nitrogens with zero attached hydrogens (tertiary/aromatic N) is 6. The van der Waals surface area contributed by atoms with Crippen molar-refractivity contribution in [1.82, 2.24) is 35.5 Å². The maximum atomic E-state index is 16.2. The zero-order valence-electron chi connectivity index (χ0n) is 34.6. The van der Waals surface area contributed by atoms with E-state index >= 15 is 4.39 Å². The summed E-state index contributed by atoms with van der Waals surface area (Å²) < 4.78 is 43.7. The number of sulfonamides is 1. The Morgan fingerprint density at radius 3 is 2.42 bits per heavy atom. The van der Waals surface area contributed by atoms with Crippen LogP contribution in [0.1, 0.15) is 116 Å². The number of aromatic nitrogens is 4. The van der Waals surface area contributed by atoms with E-state index in [9.17, 15) is 27.6 Å². The Labute approximate surface area is 363 Å². The number of imide groups is 1. The number of likely N-dealkylation sites (tertiary alicyclic amines) is 1. The van der Waals surface area contributed by atoms with Gasteiger partial charge in [-0.2, -0.15) is 0 Å². The van der Waals surface area contributed by atoms with Crippen LogP contribution in [0.2, 0.25) is 0 Å². The molecule has 328 valence electrons. The minimum atomic E-state index is -3.75. The zero-order valence-corrected chi connectivity index (χ0v) is 36.3. The lowest BCUT2D eigenvalue weighted by Crippen LogP contribution is -2.52. The summed E-state index contributed by atoms with van der Waals surface area (Å²) >= 11 is 1.44. The van der Waals surface area contributed by atoms with E-state index in [2.05, 4.69) is 35.2 Å². The van der Waals surface area contributed by atoms with Gasteiger partial charge < -0.3 is 20.9 Å². The number of nitrogens with one attached hydrogen (secondary N) is 3. The first-order valence-electron chi connectivity index (χ1n) is 21.4. The fraction of sp³-hybridized carbons (Fsp3) is 0.488. The van der Waals surface area contributed by atoms with Crippen molar-refractivity contribution in [3.05, 3.63) is 64.8 Å². The van der Waals surface area contributed by atoms with Gasteiger partial charge in [0.15, 0.2) is 11.5 Å². The van der Waals surface area contributed by atoms with Crippen molar-refractivity contribution in [3.63, 3.8) is 0 Å². The van der Waals surface area contributed by atoms with Crippen molar-refractivity contribution in [2.24, 2.45) is 5.41 Å². The van der Waals surface area contributed by atoms with E-state index < -0.39 is 33.7 Å². The van der Waals surface area contributed by atoms with Gasteiger partial charge in [0.25, 0.3) is 11.8 Å². The van der Waals surface area contributed by atoms with Gasteiger partial charge in [-0.3, -0.25) is 29.2 Å². The molecule has 1 spiro atoms. The van der Waals surface area contributed by atoms with Crippen molar-refractivity contribution in [2.75, 3.05) is 47.3 Å². The molecule has 3 aliphatic heterocycles. The van der Waals surface area contributed by atoms with Crippen LogP contribution in [0.15, 0.2) is 42.7 Å². The molecule has 4 aromatic rings. The molecular formula is C43H51FN10O6S2. The van der Waals surface area contributed by atoms with Crippen LogP contribution in [0.4, 0.5) is 21.7 Å². The van der Waals surface area contributed by atoms with Gasteiger partial charge in [-0.15, -0.1) is 11.3 Å². The van der Waals surface area contributed by atoms with Crippen molar-refractivity contribution in [1.29, 1.82) is 0 Å². The average Bonchev–Trinajstić information content (AvgIpc) is 3.71. The van der Waals surface area contributed by atoms with E-state index in [1.165, 1.54) is 29.8 Å². The van der Waals surface area contributed by atoms with Crippen LogP contribution in [0.5, 0.6) is 0 Å². The summed E-state index contributed by atoms with van der Waals surface area (Å²) in [6, 6.07) is 7.10. The lowest BCUT2D eigenvalue weighted by atomic mass is 9.65. The number of nitrogens with two attached hydrogens (primary N) is 1. The minimum absolute atomic E-state index is 0.0360. The zero-order chi connectivity index (χ0) is 43.6. The van der Waals surface area contributed by atoms with E-state index in [0.29, 0.717) is 60.1 Å². The molecule has 19 heteroatoms. The van der Waals surface area contributed by atoms with Crippen LogP contribution in [0.25, 0.3) is 21.8 Å². The maximum absolute atomic E-state index is 16.2. The largest absolute Gasteiger partial charge is 0.369 e. The number of thiazole rings is 1. The lowest BCUT2D eigenvalue weighted by Gasteiger charge is -2.46. The Morgan fingerprint density at radius 1 is 0.968 bits per heavy atom. The highest BCUT2D eigenvalue weighted by Gasteiger charge is 2.41. The number of carbonyl (C=O) groups is 4. The molecule has 1 aliphatic carbocycles. The van der Waals surface area contributed by atoms with Crippen LogP contribution in [0.3, 0.4) is 0 Å². The van der Waals surface area contributed by atoms with Gasteiger partial charge in [0.2, 0.25) is 27.8 Å². The third-order valence-electron chi connectivity index (χ3n) is 12.6. The number of pyridine rings is 1. The van der Waals surface area contributed by atoms with Gasteiger partial charge in [0, 0.05) is 56.5 Å². The Hall–Kier alpha value is -5.56. The number of amides is 4. The predicted molar refractivity (Wildman–Crippen MR) is 233 cm³/mol. The van der Waals surface area contributed by atoms with Crippen molar-refractivity contribution < 1.29 is 32.0 Å². The van der Waals surface area contributed by atoms with Gasteiger partial charge in [0.05, 0.1) is 44.0 Å². The second-order valence-electron chi connectivity index (χ2n) is 16.8. The molecule has 1 atom stereocenters. The highest BCUT2D eigenvalue weighted by atomic mass is 32.2. The van der Waals surface area contributed by atoms with Crippen molar-refractivity contribution in [2.45, 2.75) is 95.9 Å². The Kier molecular flexibility index (Phi) is 12.5. The molecule has 62 heavy (non-hydrogen) atoms. The number of anilines is 3. The first-order valence-corrected chi connectivity index (χ1v) is 23.9. The molecule has 3 saturated heterocycles. The summed E-state index contributed by atoms with van der Waals surface area (Å²) in [4.78, 5) is 74.8. The molecule has 6 heterocycles. The normalized spacial score (nSPS) is 19.6. The number of nitrogen functional groups attached to an aromatic ring is 1. The third kappa shape index (κ3) is 9.14. The highest BCUT2D eigenvalue weighted by Crippen LogP contribution is 2.51. The van der Waals surface area contributed by atoms with Crippen molar-refractivity contribution in [3.8, 4) is 21.8 Å². The van der Waals surface area contributed by atoms with E-state index in [1.807, 2.05) is 4.90 Å². The number of hydrogen-bond donors (Lipinski definition) is 4. The highest BCUT2D eigenvalue weighted by molar-refractivity contribution is 7.92. The molecule has 0 bridgehead atoms. The first kappa shape index (κ1) is 43.1. The smallest absolute Gasteiger partial charge is 0.272 e. The summed E-state index contributed by atoms with van der Waals surface area (Å²) in [5.74, 6) is -2.34.